The number of hydrogen-bond acceptors (Lipinski definition) is 8. The van der Waals surface area contributed by atoms with Crippen molar-refractivity contribution in [2.75, 3.05) is 29.8 Å². The lowest BCUT2D eigenvalue weighted by Gasteiger charge is -2.13. The largest absolute Gasteiger partial charge is 0.383 e. The summed E-state index contributed by atoms with van der Waals surface area (Å²) in [4.78, 5) is 20.2. The topological polar surface area (TPSA) is 130 Å². The predicted molar refractivity (Wildman–Crippen MR) is 138 cm³/mol. The molecule has 0 fully saturated rings. The molecule has 0 aliphatic heterocycles. The first kappa shape index (κ1) is 25.8. The van der Waals surface area contributed by atoms with E-state index in [1.54, 1.807) is 18.2 Å². The van der Waals surface area contributed by atoms with Gasteiger partial charge in [-0.3, -0.25) is 4.79 Å². The molecule has 4 N–H and O–H groups in total. The van der Waals surface area contributed by atoms with Crippen LogP contribution in [0.2, 0.25) is 4.34 Å². The van der Waals surface area contributed by atoms with Gasteiger partial charge >= 0.3 is 10.0 Å². The summed E-state index contributed by atoms with van der Waals surface area (Å²) in [6.07, 6.45) is 2.76. The molecule has 0 saturated heterocycles. The fourth-order valence-corrected chi connectivity index (χ4v) is 5.69. The number of nitrogens with one attached hydrogen (secondary N) is 4. The number of carbonyl (C=O) groups excluding carboxylic acids is 1. The number of sulfonamides is 1. The molecule has 1 amide bonds. The molecule has 0 saturated carbocycles. The van der Waals surface area contributed by atoms with Gasteiger partial charge in [-0.05, 0) is 36.4 Å². The number of benzene rings is 2. The van der Waals surface area contributed by atoms with E-state index < -0.39 is 15.8 Å². The van der Waals surface area contributed by atoms with Crippen LogP contribution in [0.4, 0.5) is 10.1 Å². The van der Waals surface area contributed by atoms with E-state index in [0.29, 0.717) is 40.8 Å². The van der Waals surface area contributed by atoms with Gasteiger partial charge in [0, 0.05) is 30.7 Å². The molecular weight excluding hydrogens is 529 g/mol. The first-order valence-electron chi connectivity index (χ1n) is 10.9. The Morgan fingerprint density at radius 3 is 2.78 bits per heavy atom. The lowest BCUT2D eigenvalue weighted by molar-refractivity contribution is 0.0952. The van der Waals surface area contributed by atoms with E-state index in [-0.39, 0.29) is 21.1 Å². The van der Waals surface area contributed by atoms with Crippen LogP contribution in [0, 0.1) is 5.82 Å². The van der Waals surface area contributed by atoms with Gasteiger partial charge in [0.2, 0.25) is 4.34 Å². The molecule has 4 rings (SSSR count). The number of thiazole rings is 1. The third-order valence-electron chi connectivity index (χ3n) is 5.13. The first-order valence-corrected chi connectivity index (χ1v) is 13.6. The Kier molecular flexibility index (Phi) is 8.04. The van der Waals surface area contributed by atoms with Crippen LogP contribution in [0.5, 0.6) is 0 Å². The van der Waals surface area contributed by atoms with Crippen LogP contribution in [0.3, 0.4) is 0 Å². The molecule has 10 nitrogen and oxygen atoms in total. The van der Waals surface area contributed by atoms with Crippen LogP contribution in [-0.2, 0) is 16.6 Å². The van der Waals surface area contributed by atoms with E-state index in [2.05, 4.69) is 30.9 Å². The van der Waals surface area contributed by atoms with Crippen LogP contribution in [0.1, 0.15) is 22.8 Å². The Morgan fingerprint density at radius 1 is 1.19 bits per heavy atom. The third kappa shape index (κ3) is 5.93. The zero-order valence-electron chi connectivity index (χ0n) is 19.1. The van der Waals surface area contributed by atoms with Crippen molar-refractivity contribution in [3.05, 3.63) is 70.1 Å². The van der Waals surface area contributed by atoms with E-state index in [1.807, 2.05) is 6.92 Å². The molecule has 2 heterocycles. The van der Waals surface area contributed by atoms with E-state index in [0.717, 1.165) is 22.7 Å². The fraction of sp³-hybridized carbons (Fsp3) is 0.227. The van der Waals surface area contributed by atoms with Gasteiger partial charge in [-0.25, -0.2) is 9.37 Å². The van der Waals surface area contributed by atoms with Gasteiger partial charge in [0.1, 0.15) is 10.2 Å². The third-order valence-corrected chi connectivity index (χ3v) is 7.93. The average Bonchev–Trinajstić information content (AvgIpc) is 3.47. The molecule has 0 radical (unpaired) electrons. The number of nitrogens with zero attached hydrogens (tertiary/aromatic N) is 3. The summed E-state index contributed by atoms with van der Waals surface area (Å²) in [7, 11) is -3.99. The monoisotopic (exact) mass is 551 g/mol. The number of anilines is 1. The lowest BCUT2D eigenvalue weighted by atomic mass is 10.1. The molecule has 0 spiro atoms. The molecule has 0 aliphatic carbocycles. The van der Waals surface area contributed by atoms with Gasteiger partial charge in [0.05, 0.1) is 23.5 Å². The summed E-state index contributed by atoms with van der Waals surface area (Å²) in [5, 5.41) is 13.8. The number of amides is 1. The number of carbonyl (C=O) groups is 1. The highest BCUT2D eigenvalue weighted by Gasteiger charge is 2.21. The highest BCUT2D eigenvalue weighted by Crippen LogP contribution is 2.24. The van der Waals surface area contributed by atoms with Crippen molar-refractivity contribution < 1.29 is 17.6 Å². The zero-order chi connectivity index (χ0) is 25.7. The second-order valence-corrected chi connectivity index (χ2v) is 11.1. The van der Waals surface area contributed by atoms with Gasteiger partial charge in [-0.15, -0.1) is 0 Å². The summed E-state index contributed by atoms with van der Waals surface area (Å²) in [5.74, 6) is -0.830. The minimum Gasteiger partial charge on any atom is -0.383 e. The highest BCUT2D eigenvalue weighted by molar-refractivity contribution is 7.94. The lowest BCUT2D eigenvalue weighted by Crippen LogP contribution is -2.26. The van der Waals surface area contributed by atoms with Crippen molar-refractivity contribution in [1.29, 1.82) is 0 Å². The predicted octanol–water partition coefficient (Wildman–Crippen LogP) is 3.17. The maximum atomic E-state index is 13.8. The number of likely N-dealkylation sites (N-methyl/N-ethyl adjacent to an activating group) is 1. The molecule has 2 aromatic carbocycles. The summed E-state index contributed by atoms with van der Waals surface area (Å²) in [6, 6.07) is 9.16. The molecule has 0 bridgehead atoms. The summed E-state index contributed by atoms with van der Waals surface area (Å²) in [6.45, 7) is 4.13. The highest BCUT2D eigenvalue weighted by atomic mass is 35.5. The molecule has 0 atom stereocenters. The summed E-state index contributed by atoms with van der Waals surface area (Å²) >= 11 is 6.63. The maximum absolute atomic E-state index is 13.8. The average molecular weight is 552 g/mol. The first-order chi connectivity index (χ1) is 17.3. The number of halogens is 2. The molecular formula is C22H23ClFN7O3S2. The second kappa shape index (κ2) is 11.2. The minimum atomic E-state index is -3.99. The SMILES string of the molecule is CCNCCNc1cc(F)ccc1C(=O)NCc1cccc2c1cnn2NS(=O)(=O)c1ncc(Cl)s1. The van der Waals surface area contributed by atoms with Crippen molar-refractivity contribution in [2.24, 2.45) is 0 Å². The van der Waals surface area contributed by atoms with Crippen LogP contribution >= 0.6 is 22.9 Å². The van der Waals surface area contributed by atoms with Crippen LogP contribution < -0.4 is 20.8 Å². The Labute approximate surface area is 215 Å². The van der Waals surface area contributed by atoms with Crippen LogP contribution in [0.15, 0.2) is 53.1 Å². The maximum Gasteiger partial charge on any atom is 0.304 e. The van der Waals surface area contributed by atoms with Crippen LogP contribution in [0.25, 0.3) is 10.9 Å². The number of fused-ring (bicyclic) bond motifs is 1. The summed E-state index contributed by atoms with van der Waals surface area (Å²) < 4.78 is 39.1. The van der Waals surface area contributed by atoms with Crippen molar-refractivity contribution >= 4 is 55.5 Å². The summed E-state index contributed by atoms with van der Waals surface area (Å²) in [5.41, 5.74) is 1.91. The number of aromatic nitrogens is 3. The van der Waals surface area contributed by atoms with Gasteiger partial charge in [0.15, 0.2) is 0 Å². The van der Waals surface area contributed by atoms with Crippen molar-refractivity contribution in [1.82, 2.24) is 25.5 Å². The molecule has 14 heteroatoms. The van der Waals surface area contributed by atoms with E-state index in [1.165, 1.54) is 30.6 Å². The molecule has 0 unspecified atom stereocenters. The van der Waals surface area contributed by atoms with E-state index >= 15 is 0 Å². The fourth-order valence-electron chi connectivity index (χ4n) is 3.45. The smallest absolute Gasteiger partial charge is 0.304 e. The number of rotatable bonds is 11. The van der Waals surface area contributed by atoms with Crippen LogP contribution in [-0.4, -0.2) is 48.8 Å². The normalized spacial score (nSPS) is 11.5. The molecule has 0 aliphatic rings. The minimum absolute atomic E-state index is 0.144. The standard InChI is InChI=1S/C22H23ClFN7O3S2/c1-2-25-8-9-26-18-10-15(24)6-7-16(18)21(32)27-11-14-4-3-5-19-17(14)12-29-31(19)30-36(33,34)22-28-13-20(23)35-22/h3-7,10,12-13,25-26,30H,2,8-9,11H2,1H3,(H,27,32). The molecule has 190 valence electrons. The van der Waals surface area contributed by atoms with Gasteiger partial charge in [0.25, 0.3) is 5.91 Å². The van der Waals surface area contributed by atoms with Gasteiger partial charge < -0.3 is 16.0 Å². The molecule has 4 aromatic rings. The number of hydrogen-bond donors (Lipinski definition) is 4. The quantitative estimate of drug-likeness (QED) is 0.211. The Hall–Kier alpha value is -3.26. The van der Waals surface area contributed by atoms with Gasteiger partial charge in [-0.1, -0.05) is 42.0 Å². The Bertz CT molecular complexity index is 1490. The Morgan fingerprint density at radius 2 is 2.03 bits per heavy atom. The van der Waals surface area contributed by atoms with E-state index in [9.17, 15) is 17.6 Å². The molecule has 36 heavy (non-hydrogen) atoms. The van der Waals surface area contributed by atoms with Gasteiger partial charge in [-0.2, -0.15) is 23.1 Å². The van der Waals surface area contributed by atoms with E-state index in [4.69, 9.17) is 11.6 Å². The van der Waals surface area contributed by atoms with Crippen molar-refractivity contribution in [3.8, 4) is 0 Å². The van der Waals surface area contributed by atoms with Crippen molar-refractivity contribution in [2.45, 2.75) is 17.8 Å². The Balaban J connectivity index is 1.49. The molecule has 2 aromatic heterocycles. The zero-order valence-corrected chi connectivity index (χ0v) is 21.5. The second-order valence-electron chi connectivity index (χ2n) is 7.58. The van der Waals surface area contributed by atoms with Crippen molar-refractivity contribution in [3.63, 3.8) is 0 Å².